The van der Waals surface area contributed by atoms with Crippen molar-refractivity contribution in [1.82, 2.24) is 9.55 Å². The molecule has 0 unspecified atom stereocenters. The molecule has 0 aliphatic carbocycles. The third kappa shape index (κ3) is 5.94. The molecule has 0 amide bonds. The maximum absolute atomic E-state index is 14.1. The van der Waals surface area contributed by atoms with Crippen molar-refractivity contribution < 1.29 is 14.2 Å². The first-order chi connectivity index (χ1) is 13.9. The zero-order chi connectivity index (χ0) is 21.4. The van der Waals surface area contributed by atoms with Gasteiger partial charge in [-0.1, -0.05) is 0 Å². The molecule has 1 fully saturated rings. The van der Waals surface area contributed by atoms with Gasteiger partial charge in [0.1, 0.15) is 0 Å². The molecule has 1 aliphatic heterocycles. The molecule has 8 heteroatoms. The van der Waals surface area contributed by atoms with Crippen LogP contribution in [0.15, 0.2) is 15.8 Å². The fourth-order valence-electron chi connectivity index (χ4n) is 4.43. The Morgan fingerprint density at radius 2 is 1.69 bits per heavy atom. The van der Waals surface area contributed by atoms with E-state index in [-0.39, 0.29) is 12.0 Å². The second-order valence-electron chi connectivity index (χ2n) is 8.36. The van der Waals surface area contributed by atoms with Gasteiger partial charge in [0.05, 0.1) is 0 Å². The van der Waals surface area contributed by atoms with E-state index in [0.717, 1.165) is 55.4 Å². The van der Waals surface area contributed by atoms with Crippen LogP contribution in [0.2, 0.25) is 13.3 Å². The van der Waals surface area contributed by atoms with Gasteiger partial charge in [-0.2, -0.15) is 0 Å². The van der Waals surface area contributed by atoms with Crippen LogP contribution in [0.1, 0.15) is 71.9 Å². The number of aromatic amines is 1. The summed E-state index contributed by atoms with van der Waals surface area (Å²) in [6, 6.07) is 0. The van der Waals surface area contributed by atoms with Crippen LogP contribution >= 0.6 is 0 Å². The summed E-state index contributed by atoms with van der Waals surface area (Å²) in [5.41, 5.74) is -0.810. The normalized spacial score (nSPS) is 22.3. The van der Waals surface area contributed by atoms with Crippen LogP contribution in [0, 0.1) is 0 Å². The number of hydrogen-bond acceptors (Lipinski definition) is 4. The summed E-state index contributed by atoms with van der Waals surface area (Å²) in [7, 11) is 0. The van der Waals surface area contributed by atoms with Gasteiger partial charge < -0.3 is 0 Å². The van der Waals surface area contributed by atoms with Crippen molar-refractivity contribution in [3.63, 3.8) is 0 Å². The zero-order valence-electron chi connectivity index (χ0n) is 18.1. The molecule has 1 saturated heterocycles. The van der Waals surface area contributed by atoms with Crippen molar-refractivity contribution in [3.8, 4) is 0 Å². The van der Waals surface area contributed by atoms with E-state index in [9.17, 15) is 19.1 Å². The Labute approximate surface area is 176 Å². The number of H-pyrrole nitrogens is 1. The molecular weight excluding hydrogens is 482 g/mol. The van der Waals surface area contributed by atoms with E-state index in [1.54, 1.807) is 6.20 Å². The fraction of sp³-hybridized carbons (Fsp3) is 0.810. The van der Waals surface area contributed by atoms with Crippen molar-refractivity contribution in [1.29, 1.82) is 0 Å². The number of hydrogen-bond donors (Lipinski definition) is 2. The predicted molar refractivity (Wildman–Crippen MR) is 116 cm³/mol. The van der Waals surface area contributed by atoms with E-state index in [1.165, 1.54) is 4.57 Å². The molecule has 0 aromatic carbocycles. The van der Waals surface area contributed by atoms with Gasteiger partial charge in [-0.15, -0.1) is 0 Å². The summed E-state index contributed by atoms with van der Waals surface area (Å²) in [5.74, 6) is 0. The van der Waals surface area contributed by atoms with Gasteiger partial charge in [0, 0.05) is 0 Å². The number of ether oxygens (including phenoxy) is 1. The van der Waals surface area contributed by atoms with Gasteiger partial charge in [-0.25, -0.2) is 0 Å². The van der Waals surface area contributed by atoms with E-state index < -0.39 is 49.2 Å². The number of aromatic nitrogens is 2. The molecule has 2 heterocycles. The molecule has 1 aromatic heterocycles. The van der Waals surface area contributed by atoms with Crippen LogP contribution in [-0.2, 0) is 4.74 Å². The number of alkyl halides is 1. The van der Waals surface area contributed by atoms with Gasteiger partial charge >= 0.3 is 177 Å². The number of nitrogens with zero attached hydrogens (tertiary/aromatic N) is 1. The number of aliphatic hydroxyl groups excluding tert-OH is 1. The second kappa shape index (κ2) is 11.6. The van der Waals surface area contributed by atoms with E-state index in [4.69, 9.17) is 4.74 Å². The minimum absolute atomic E-state index is 0.0119. The molecule has 166 valence electrons. The summed E-state index contributed by atoms with van der Waals surface area (Å²) < 4.78 is 25.2. The van der Waals surface area contributed by atoms with Crippen molar-refractivity contribution in [2.24, 2.45) is 0 Å². The van der Waals surface area contributed by atoms with Crippen LogP contribution in [0.5, 0.6) is 0 Å². The first-order valence-corrected chi connectivity index (χ1v) is 18.7. The van der Waals surface area contributed by atoms with Crippen LogP contribution in [-0.4, -0.2) is 51.9 Å². The fourth-order valence-corrected chi connectivity index (χ4v) is 20.4. The Morgan fingerprint density at radius 1 is 1.14 bits per heavy atom. The van der Waals surface area contributed by atoms with E-state index in [0.29, 0.717) is 0 Å². The number of aliphatic hydroxyl groups is 1. The molecule has 0 bridgehead atoms. The van der Waals surface area contributed by atoms with Crippen molar-refractivity contribution in [3.05, 3.63) is 27.0 Å². The average molecular weight is 519 g/mol. The Bertz CT molecular complexity index is 729. The minimum atomic E-state index is -3.07. The summed E-state index contributed by atoms with van der Waals surface area (Å²) in [5, 5.41) is 9.29. The standard InChI is InChI=1S/C9H10FN2O4.3C4H9.Sn/c10-5-3-8(16-6(5)4-13)12-2-1-7(14)11-9(12)15;3*1-3-4-2;/h2,5-6,8,13H,3-4H2,(H,11,14,15);3*1,3-4H2,2H3;/t5-,6+,8+;;;;/m0..../s1. The molecule has 6 nitrogen and oxygen atoms in total. The Kier molecular flexibility index (Phi) is 9.88. The van der Waals surface area contributed by atoms with Crippen LogP contribution < -0.4 is 14.8 Å². The molecule has 0 radical (unpaired) electrons. The third-order valence-electron chi connectivity index (χ3n) is 6.22. The summed E-state index contributed by atoms with van der Waals surface area (Å²) in [6.07, 6.45) is 5.25. The van der Waals surface area contributed by atoms with Gasteiger partial charge in [0.2, 0.25) is 0 Å². The number of nitrogens with one attached hydrogen (secondary N) is 1. The van der Waals surface area contributed by atoms with Crippen LogP contribution in [0.25, 0.3) is 0 Å². The predicted octanol–water partition coefficient (Wildman–Crippen LogP) is 3.21. The molecule has 2 rings (SSSR count). The van der Waals surface area contributed by atoms with Crippen molar-refractivity contribution >= 4 is 22.0 Å². The number of halogens is 1. The molecule has 2 N–H and O–H groups in total. The van der Waals surface area contributed by atoms with Gasteiger partial charge in [-0.3, -0.25) is 0 Å². The summed E-state index contributed by atoms with van der Waals surface area (Å²) >= 11 is -3.07. The Balaban J connectivity index is 2.51. The second-order valence-corrected chi connectivity index (χ2v) is 21.5. The first kappa shape index (κ1) is 24.6. The van der Waals surface area contributed by atoms with E-state index in [2.05, 4.69) is 25.8 Å². The van der Waals surface area contributed by atoms with Crippen LogP contribution in [0.4, 0.5) is 4.39 Å². The van der Waals surface area contributed by atoms with Gasteiger partial charge in [0.15, 0.2) is 0 Å². The number of unbranched alkanes of at least 4 members (excludes halogenated alkanes) is 3. The van der Waals surface area contributed by atoms with Gasteiger partial charge in [0.25, 0.3) is 0 Å². The Hall–Kier alpha value is -0.671. The molecular formula is C21H37FN2O4Sn. The molecule has 0 spiro atoms. The zero-order valence-corrected chi connectivity index (χ0v) is 20.9. The third-order valence-corrected chi connectivity index (χ3v) is 21.7. The van der Waals surface area contributed by atoms with E-state index in [1.807, 2.05) is 0 Å². The maximum atomic E-state index is 14.1. The summed E-state index contributed by atoms with van der Waals surface area (Å²) in [4.78, 5) is 28.0. The van der Waals surface area contributed by atoms with Gasteiger partial charge in [-0.05, 0) is 0 Å². The molecule has 3 atom stereocenters. The number of rotatable bonds is 12. The molecule has 1 aliphatic rings. The first-order valence-electron chi connectivity index (χ1n) is 11.2. The van der Waals surface area contributed by atoms with E-state index >= 15 is 0 Å². The molecule has 0 saturated carbocycles. The van der Waals surface area contributed by atoms with Crippen molar-refractivity contribution in [2.75, 3.05) is 6.61 Å². The van der Waals surface area contributed by atoms with Crippen LogP contribution in [0.3, 0.4) is 0 Å². The summed E-state index contributed by atoms with van der Waals surface area (Å²) in [6.45, 7) is 6.09. The monoisotopic (exact) mass is 520 g/mol. The van der Waals surface area contributed by atoms with Crippen molar-refractivity contribution in [2.45, 2.75) is 97.5 Å². The Morgan fingerprint density at radius 3 is 2.14 bits per heavy atom. The molecule has 29 heavy (non-hydrogen) atoms. The molecule has 1 aromatic rings. The topological polar surface area (TPSA) is 84.3 Å². The SMILES string of the molecule is CCC[CH2][Sn]([CH2]CCC)([CH2]CCC)[c]1cn([C@H]2C[C@H](F)[C@@H](CO)O2)c(=O)[nH]c1=O. The quantitative estimate of drug-likeness (QED) is 0.416. The average Bonchev–Trinajstić information content (AvgIpc) is 3.08.